The summed E-state index contributed by atoms with van der Waals surface area (Å²) in [7, 11) is 0. The second-order valence-electron chi connectivity index (χ2n) is 9.31. The summed E-state index contributed by atoms with van der Waals surface area (Å²) in [4.78, 5) is 32.6. The van der Waals surface area contributed by atoms with Crippen molar-refractivity contribution in [2.45, 2.75) is 57.0 Å². The number of amides is 1. The van der Waals surface area contributed by atoms with Crippen LogP contribution in [0, 0.1) is 11.7 Å². The molecule has 4 N–H and O–H groups in total. The molecule has 0 radical (unpaired) electrons. The van der Waals surface area contributed by atoms with Crippen LogP contribution in [-0.2, 0) is 4.79 Å². The number of pyridine rings is 1. The van der Waals surface area contributed by atoms with Crippen LogP contribution in [0.3, 0.4) is 0 Å². The quantitative estimate of drug-likeness (QED) is 0.367. The van der Waals surface area contributed by atoms with E-state index >= 15 is 0 Å². The number of anilines is 3. The molecule has 3 heterocycles. The summed E-state index contributed by atoms with van der Waals surface area (Å²) in [6.45, 7) is -0.395. The molecule has 2 fully saturated rings. The normalized spacial score (nSPS) is 19.9. The standard InChI is InChI=1S/C24H28FN7O3/c25-18-11-26-8-7-19(18)30-24(35)21-12-27-23-20(28-15-5-6-15)10-22(31-32(21)23)29-16-3-1-14(2-4-16)9-17(34)13-33/h7-8,10-12,14-16,28,33H,1-6,9,13H2,(H,29,31)(H,26,30,35). The van der Waals surface area contributed by atoms with Gasteiger partial charge in [0, 0.05) is 30.8 Å². The van der Waals surface area contributed by atoms with Gasteiger partial charge in [-0.2, -0.15) is 0 Å². The molecule has 0 spiro atoms. The van der Waals surface area contributed by atoms with Crippen LogP contribution in [0.15, 0.2) is 30.7 Å². The number of imidazole rings is 1. The Labute approximate surface area is 201 Å². The lowest BCUT2D eigenvalue weighted by Gasteiger charge is -2.29. The van der Waals surface area contributed by atoms with E-state index in [9.17, 15) is 14.0 Å². The second-order valence-corrected chi connectivity index (χ2v) is 9.31. The van der Waals surface area contributed by atoms with Crippen molar-refractivity contribution in [3.63, 3.8) is 0 Å². The molecule has 3 aromatic rings. The fraction of sp³-hybridized carbons (Fsp3) is 0.458. The smallest absolute Gasteiger partial charge is 0.276 e. The highest BCUT2D eigenvalue weighted by atomic mass is 19.1. The number of halogens is 1. The topological polar surface area (TPSA) is 134 Å². The van der Waals surface area contributed by atoms with Gasteiger partial charge >= 0.3 is 0 Å². The lowest BCUT2D eigenvalue weighted by Crippen LogP contribution is -2.28. The minimum absolute atomic E-state index is 0.0296. The average molecular weight is 482 g/mol. The number of hydrogen-bond acceptors (Lipinski definition) is 8. The van der Waals surface area contributed by atoms with Crippen molar-refractivity contribution in [2.24, 2.45) is 5.92 Å². The number of nitrogens with one attached hydrogen (secondary N) is 3. The van der Waals surface area contributed by atoms with Crippen molar-refractivity contribution in [2.75, 3.05) is 22.6 Å². The third-order valence-corrected chi connectivity index (χ3v) is 6.55. The summed E-state index contributed by atoms with van der Waals surface area (Å²) in [5.41, 5.74) is 1.52. The van der Waals surface area contributed by atoms with Crippen LogP contribution in [-0.4, -0.2) is 55.1 Å². The Bertz CT molecular complexity index is 1240. The highest BCUT2D eigenvalue weighted by Gasteiger charge is 2.26. The molecule has 0 bridgehead atoms. The van der Waals surface area contributed by atoms with E-state index < -0.39 is 18.3 Å². The molecule has 184 valence electrons. The van der Waals surface area contributed by atoms with E-state index in [2.05, 4.69) is 31.0 Å². The highest BCUT2D eigenvalue weighted by molar-refractivity contribution is 6.03. The molecule has 0 unspecified atom stereocenters. The number of carbonyl (C=O) groups excluding carboxylic acids is 2. The van der Waals surface area contributed by atoms with E-state index in [1.807, 2.05) is 6.07 Å². The van der Waals surface area contributed by atoms with Gasteiger partial charge in [-0.3, -0.25) is 14.6 Å². The molecule has 35 heavy (non-hydrogen) atoms. The maximum atomic E-state index is 14.0. The number of aromatic nitrogens is 4. The number of rotatable bonds is 9. The average Bonchev–Trinajstić information content (AvgIpc) is 3.57. The highest BCUT2D eigenvalue weighted by Crippen LogP contribution is 2.31. The molecule has 2 saturated carbocycles. The van der Waals surface area contributed by atoms with Crippen LogP contribution >= 0.6 is 0 Å². The Morgan fingerprint density at radius 3 is 2.51 bits per heavy atom. The first kappa shape index (κ1) is 23.2. The van der Waals surface area contributed by atoms with Crippen LogP contribution < -0.4 is 16.0 Å². The lowest BCUT2D eigenvalue weighted by molar-refractivity contribution is -0.122. The predicted octanol–water partition coefficient (Wildman–Crippen LogP) is 3.01. The van der Waals surface area contributed by atoms with Crippen molar-refractivity contribution >= 4 is 34.5 Å². The minimum atomic E-state index is -0.627. The third kappa shape index (κ3) is 5.40. The molecule has 11 heteroatoms. The van der Waals surface area contributed by atoms with Gasteiger partial charge in [0.2, 0.25) is 0 Å². The summed E-state index contributed by atoms with van der Waals surface area (Å²) < 4.78 is 15.5. The SMILES string of the molecule is O=C(CO)CC1CCC(Nc2cc(NC3CC3)c3ncc(C(=O)Nc4ccncc4F)n3n2)CC1. The van der Waals surface area contributed by atoms with E-state index in [-0.39, 0.29) is 23.2 Å². The number of aliphatic hydroxyl groups is 1. The van der Waals surface area contributed by atoms with Gasteiger partial charge in [0.15, 0.2) is 22.9 Å². The van der Waals surface area contributed by atoms with Crippen molar-refractivity contribution in [3.05, 3.63) is 42.2 Å². The van der Waals surface area contributed by atoms with Crippen LogP contribution in [0.5, 0.6) is 0 Å². The van der Waals surface area contributed by atoms with Crippen molar-refractivity contribution in [1.82, 2.24) is 19.6 Å². The summed E-state index contributed by atoms with van der Waals surface area (Å²) in [5.74, 6) is -0.358. The largest absolute Gasteiger partial charge is 0.389 e. The lowest BCUT2D eigenvalue weighted by atomic mass is 9.83. The van der Waals surface area contributed by atoms with Crippen molar-refractivity contribution in [3.8, 4) is 0 Å². The van der Waals surface area contributed by atoms with E-state index in [0.29, 0.717) is 29.8 Å². The van der Waals surface area contributed by atoms with Gasteiger partial charge in [-0.05, 0) is 50.5 Å². The number of fused-ring (bicyclic) bond motifs is 1. The molecular weight excluding hydrogens is 453 g/mol. The molecule has 0 aliphatic heterocycles. The molecule has 1 amide bonds. The Morgan fingerprint density at radius 1 is 1.06 bits per heavy atom. The first-order valence-corrected chi connectivity index (χ1v) is 12.0. The zero-order valence-electron chi connectivity index (χ0n) is 19.2. The summed E-state index contributed by atoms with van der Waals surface area (Å²) >= 11 is 0. The molecule has 5 rings (SSSR count). The Kier molecular flexibility index (Phi) is 6.58. The van der Waals surface area contributed by atoms with Gasteiger partial charge in [-0.15, -0.1) is 5.10 Å². The number of carbonyl (C=O) groups is 2. The Balaban J connectivity index is 1.36. The molecule has 3 aromatic heterocycles. The zero-order chi connectivity index (χ0) is 24.4. The van der Waals surface area contributed by atoms with Gasteiger partial charge in [0.25, 0.3) is 5.91 Å². The predicted molar refractivity (Wildman–Crippen MR) is 128 cm³/mol. The molecule has 2 aliphatic rings. The van der Waals surface area contributed by atoms with Crippen LogP contribution in [0.2, 0.25) is 0 Å². The number of aliphatic hydroxyl groups excluding tert-OH is 1. The Morgan fingerprint density at radius 2 is 1.80 bits per heavy atom. The molecule has 0 saturated heterocycles. The van der Waals surface area contributed by atoms with Gasteiger partial charge in [-0.25, -0.2) is 13.9 Å². The minimum Gasteiger partial charge on any atom is -0.389 e. The summed E-state index contributed by atoms with van der Waals surface area (Å²) in [6, 6.07) is 3.85. The molecule has 10 nitrogen and oxygen atoms in total. The fourth-order valence-corrected chi connectivity index (χ4v) is 4.52. The number of hydrogen-bond donors (Lipinski definition) is 4. The summed E-state index contributed by atoms with van der Waals surface area (Å²) in [6.07, 6.45) is 10.0. The number of nitrogens with zero attached hydrogens (tertiary/aromatic N) is 4. The first-order valence-electron chi connectivity index (χ1n) is 12.0. The van der Waals surface area contributed by atoms with Gasteiger partial charge < -0.3 is 21.1 Å². The Hall–Kier alpha value is -3.60. The van der Waals surface area contributed by atoms with Gasteiger partial charge in [-0.1, -0.05) is 0 Å². The van der Waals surface area contributed by atoms with Crippen LogP contribution in [0.25, 0.3) is 5.65 Å². The molecular formula is C24H28FN7O3. The van der Waals surface area contributed by atoms with Crippen molar-refractivity contribution < 1.29 is 19.1 Å². The first-order chi connectivity index (χ1) is 17.0. The molecule has 2 aliphatic carbocycles. The van der Waals surface area contributed by atoms with Gasteiger partial charge in [0.1, 0.15) is 12.4 Å². The third-order valence-electron chi connectivity index (χ3n) is 6.55. The van der Waals surface area contributed by atoms with Crippen LogP contribution in [0.4, 0.5) is 21.6 Å². The zero-order valence-corrected chi connectivity index (χ0v) is 19.2. The van der Waals surface area contributed by atoms with E-state index in [4.69, 9.17) is 5.11 Å². The number of ketones is 1. The van der Waals surface area contributed by atoms with E-state index in [1.54, 1.807) is 0 Å². The van der Waals surface area contributed by atoms with Crippen molar-refractivity contribution in [1.29, 1.82) is 0 Å². The maximum absolute atomic E-state index is 14.0. The van der Waals surface area contributed by atoms with E-state index in [1.165, 1.54) is 23.0 Å². The van der Waals surface area contributed by atoms with E-state index in [0.717, 1.165) is 50.4 Å². The molecule has 0 aromatic carbocycles. The fourth-order valence-electron chi connectivity index (χ4n) is 4.52. The molecule has 0 atom stereocenters. The van der Waals surface area contributed by atoms with Gasteiger partial charge in [0.05, 0.1) is 23.8 Å². The second kappa shape index (κ2) is 9.95. The summed E-state index contributed by atoms with van der Waals surface area (Å²) in [5, 5.41) is 23.1. The van der Waals surface area contributed by atoms with Crippen LogP contribution in [0.1, 0.15) is 55.4 Å². The monoisotopic (exact) mass is 481 g/mol. The maximum Gasteiger partial charge on any atom is 0.276 e. The number of Topliss-reactive ketones (excluding diaryl/α,β-unsaturated/α-hetero) is 1.